The maximum absolute atomic E-state index is 3.98. The lowest BCUT2D eigenvalue weighted by atomic mass is 10.1. The van der Waals surface area contributed by atoms with Crippen LogP contribution in [0, 0.1) is 0 Å². The SMILES string of the molecule is CCCCc1[nH]nnc1CC. The van der Waals surface area contributed by atoms with Gasteiger partial charge in [0.15, 0.2) is 0 Å². The molecule has 0 atom stereocenters. The van der Waals surface area contributed by atoms with Gasteiger partial charge in [0.05, 0.1) is 11.4 Å². The zero-order valence-electron chi connectivity index (χ0n) is 7.22. The van der Waals surface area contributed by atoms with Gasteiger partial charge in [-0.25, -0.2) is 0 Å². The molecular formula is C8H15N3. The van der Waals surface area contributed by atoms with Crippen molar-refractivity contribution >= 4 is 0 Å². The molecule has 0 saturated carbocycles. The van der Waals surface area contributed by atoms with Gasteiger partial charge in [0, 0.05) is 0 Å². The van der Waals surface area contributed by atoms with Crippen LogP contribution in [0.15, 0.2) is 0 Å². The average Bonchev–Trinajstić information content (AvgIpc) is 2.47. The van der Waals surface area contributed by atoms with Gasteiger partial charge >= 0.3 is 0 Å². The molecule has 11 heavy (non-hydrogen) atoms. The van der Waals surface area contributed by atoms with Crippen molar-refractivity contribution in [3.05, 3.63) is 11.4 Å². The Balaban J connectivity index is 2.54. The van der Waals surface area contributed by atoms with E-state index >= 15 is 0 Å². The van der Waals surface area contributed by atoms with E-state index < -0.39 is 0 Å². The van der Waals surface area contributed by atoms with E-state index in [4.69, 9.17) is 0 Å². The normalized spacial score (nSPS) is 10.4. The molecule has 0 bridgehead atoms. The molecular weight excluding hydrogens is 138 g/mol. The van der Waals surface area contributed by atoms with Gasteiger partial charge in [-0.2, -0.15) is 0 Å². The number of aryl methyl sites for hydroxylation is 2. The van der Waals surface area contributed by atoms with Gasteiger partial charge in [-0.1, -0.05) is 25.5 Å². The number of aromatic amines is 1. The van der Waals surface area contributed by atoms with Crippen molar-refractivity contribution in [2.24, 2.45) is 0 Å². The second-order valence-electron chi connectivity index (χ2n) is 2.69. The fraction of sp³-hybridized carbons (Fsp3) is 0.750. The highest BCUT2D eigenvalue weighted by Crippen LogP contribution is 2.05. The van der Waals surface area contributed by atoms with Crippen LogP contribution >= 0.6 is 0 Å². The van der Waals surface area contributed by atoms with Gasteiger partial charge in [0.1, 0.15) is 0 Å². The lowest BCUT2D eigenvalue weighted by Gasteiger charge is -1.95. The van der Waals surface area contributed by atoms with Crippen molar-refractivity contribution in [3.63, 3.8) is 0 Å². The smallest absolute Gasteiger partial charge is 0.0853 e. The van der Waals surface area contributed by atoms with Crippen LogP contribution in [-0.2, 0) is 12.8 Å². The molecule has 3 nitrogen and oxygen atoms in total. The Morgan fingerprint density at radius 1 is 1.36 bits per heavy atom. The second kappa shape index (κ2) is 4.11. The lowest BCUT2D eigenvalue weighted by molar-refractivity contribution is 0.765. The Morgan fingerprint density at radius 3 is 2.82 bits per heavy atom. The van der Waals surface area contributed by atoms with Crippen LogP contribution in [-0.4, -0.2) is 15.4 Å². The molecule has 1 rings (SSSR count). The van der Waals surface area contributed by atoms with E-state index in [1.807, 2.05) is 0 Å². The summed E-state index contributed by atoms with van der Waals surface area (Å²) in [5.41, 5.74) is 2.34. The standard InChI is InChI=1S/C8H15N3/c1-3-5-6-8-7(4-2)9-11-10-8/h3-6H2,1-2H3,(H,9,10,11). The summed E-state index contributed by atoms with van der Waals surface area (Å²) in [6.45, 7) is 4.29. The molecule has 0 aliphatic carbocycles. The van der Waals surface area contributed by atoms with E-state index in [0.717, 1.165) is 18.5 Å². The maximum Gasteiger partial charge on any atom is 0.0853 e. The van der Waals surface area contributed by atoms with E-state index in [1.165, 1.54) is 18.5 Å². The molecule has 0 aliphatic heterocycles. The summed E-state index contributed by atoms with van der Waals surface area (Å²) >= 11 is 0. The zero-order chi connectivity index (χ0) is 8.10. The predicted molar refractivity (Wildman–Crippen MR) is 44.4 cm³/mol. The lowest BCUT2D eigenvalue weighted by Crippen LogP contribution is -1.91. The van der Waals surface area contributed by atoms with Gasteiger partial charge in [0.2, 0.25) is 0 Å². The summed E-state index contributed by atoms with van der Waals surface area (Å²) in [4.78, 5) is 0. The Labute approximate surface area is 67.2 Å². The van der Waals surface area contributed by atoms with Crippen LogP contribution in [0.25, 0.3) is 0 Å². The first kappa shape index (κ1) is 8.24. The molecule has 0 amide bonds. The zero-order valence-corrected chi connectivity index (χ0v) is 7.22. The van der Waals surface area contributed by atoms with Crippen molar-refractivity contribution in [2.45, 2.75) is 39.5 Å². The molecule has 0 aliphatic rings. The number of aromatic nitrogens is 3. The van der Waals surface area contributed by atoms with Crippen molar-refractivity contribution < 1.29 is 0 Å². The van der Waals surface area contributed by atoms with E-state index in [-0.39, 0.29) is 0 Å². The Bertz CT molecular complexity index is 205. The number of unbranched alkanes of at least 4 members (excludes halogenated alkanes) is 1. The number of hydrogen-bond donors (Lipinski definition) is 1. The number of H-pyrrole nitrogens is 1. The van der Waals surface area contributed by atoms with Crippen LogP contribution < -0.4 is 0 Å². The molecule has 3 heteroatoms. The molecule has 1 N–H and O–H groups in total. The van der Waals surface area contributed by atoms with Gasteiger partial charge in [0.25, 0.3) is 0 Å². The third-order valence-corrected chi connectivity index (χ3v) is 1.82. The molecule has 0 aromatic carbocycles. The molecule has 1 heterocycles. The summed E-state index contributed by atoms with van der Waals surface area (Å²) in [5.74, 6) is 0. The van der Waals surface area contributed by atoms with Gasteiger partial charge < -0.3 is 0 Å². The third kappa shape index (κ3) is 2.03. The Hall–Kier alpha value is -0.860. The number of nitrogens with zero attached hydrogens (tertiary/aromatic N) is 2. The molecule has 1 aromatic heterocycles. The fourth-order valence-corrected chi connectivity index (χ4v) is 1.11. The molecule has 0 spiro atoms. The number of hydrogen-bond acceptors (Lipinski definition) is 2. The van der Waals surface area contributed by atoms with Gasteiger partial charge in [-0.15, -0.1) is 5.10 Å². The minimum Gasteiger partial charge on any atom is -0.262 e. The Kier molecular flexibility index (Phi) is 3.08. The number of rotatable bonds is 4. The van der Waals surface area contributed by atoms with E-state index in [2.05, 4.69) is 29.3 Å². The van der Waals surface area contributed by atoms with Gasteiger partial charge in [-0.3, -0.25) is 5.10 Å². The molecule has 0 fully saturated rings. The maximum atomic E-state index is 3.98. The van der Waals surface area contributed by atoms with Crippen molar-refractivity contribution in [3.8, 4) is 0 Å². The van der Waals surface area contributed by atoms with Crippen LogP contribution in [0.1, 0.15) is 38.1 Å². The first-order valence-corrected chi connectivity index (χ1v) is 4.27. The highest BCUT2D eigenvalue weighted by Gasteiger charge is 2.02. The molecule has 0 saturated heterocycles. The summed E-state index contributed by atoms with van der Waals surface area (Å²) in [7, 11) is 0. The first-order chi connectivity index (χ1) is 5.38. The summed E-state index contributed by atoms with van der Waals surface area (Å²) in [6, 6.07) is 0. The third-order valence-electron chi connectivity index (χ3n) is 1.82. The van der Waals surface area contributed by atoms with Crippen LogP contribution in [0.2, 0.25) is 0 Å². The monoisotopic (exact) mass is 153 g/mol. The number of nitrogens with one attached hydrogen (secondary N) is 1. The van der Waals surface area contributed by atoms with Crippen LogP contribution in [0.5, 0.6) is 0 Å². The largest absolute Gasteiger partial charge is 0.262 e. The van der Waals surface area contributed by atoms with Crippen LogP contribution in [0.3, 0.4) is 0 Å². The minimum atomic E-state index is 0.982. The second-order valence-corrected chi connectivity index (χ2v) is 2.69. The molecule has 1 aromatic rings. The molecule has 0 radical (unpaired) electrons. The van der Waals surface area contributed by atoms with E-state index in [9.17, 15) is 0 Å². The van der Waals surface area contributed by atoms with E-state index in [1.54, 1.807) is 0 Å². The van der Waals surface area contributed by atoms with Crippen molar-refractivity contribution in [1.29, 1.82) is 0 Å². The summed E-state index contributed by atoms with van der Waals surface area (Å²) in [5, 5.41) is 10.7. The molecule has 0 unspecified atom stereocenters. The first-order valence-electron chi connectivity index (χ1n) is 4.27. The quantitative estimate of drug-likeness (QED) is 0.715. The van der Waals surface area contributed by atoms with Crippen molar-refractivity contribution in [2.75, 3.05) is 0 Å². The fourth-order valence-electron chi connectivity index (χ4n) is 1.11. The van der Waals surface area contributed by atoms with Crippen LogP contribution in [0.4, 0.5) is 0 Å². The Morgan fingerprint density at radius 2 is 2.18 bits per heavy atom. The topological polar surface area (TPSA) is 41.6 Å². The molecule has 62 valence electrons. The van der Waals surface area contributed by atoms with E-state index in [0.29, 0.717) is 0 Å². The van der Waals surface area contributed by atoms with Gasteiger partial charge in [-0.05, 0) is 19.3 Å². The van der Waals surface area contributed by atoms with Crippen molar-refractivity contribution in [1.82, 2.24) is 15.4 Å². The average molecular weight is 153 g/mol. The minimum absolute atomic E-state index is 0.982. The highest BCUT2D eigenvalue weighted by atomic mass is 15.3. The predicted octanol–water partition coefficient (Wildman–Crippen LogP) is 1.71. The summed E-state index contributed by atoms with van der Waals surface area (Å²) in [6.07, 6.45) is 4.52. The summed E-state index contributed by atoms with van der Waals surface area (Å²) < 4.78 is 0. The highest BCUT2D eigenvalue weighted by molar-refractivity contribution is 5.07.